The standard InChI is InChI=1S/C16H28N2O4/c1-3-21-11-15(19)9-17-13-5-7-14(8-6-13)18-10-16(20)12-22-4-2/h5-8,15-20H,3-4,9-12H2,1-2H3. The Labute approximate surface area is 132 Å². The van der Waals surface area contributed by atoms with Gasteiger partial charge in [-0.15, -0.1) is 0 Å². The first-order chi connectivity index (χ1) is 10.7. The number of aliphatic hydroxyl groups is 2. The lowest BCUT2D eigenvalue weighted by molar-refractivity contribution is 0.0495. The number of nitrogens with one attached hydrogen (secondary N) is 2. The van der Waals surface area contributed by atoms with Gasteiger partial charge in [-0.3, -0.25) is 0 Å². The van der Waals surface area contributed by atoms with Crippen molar-refractivity contribution in [3.05, 3.63) is 24.3 Å². The van der Waals surface area contributed by atoms with E-state index < -0.39 is 12.2 Å². The third kappa shape index (κ3) is 8.19. The quantitative estimate of drug-likeness (QED) is 0.466. The van der Waals surface area contributed by atoms with E-state index in [9.17, 15) is 10.2 Å². The summed E-state index contributed by atoms with van der Waals surface area (Å²) in [5.41, 5.74) is 1.85. The van der Waals surface area contributed by atoms with Gasteiger partial charge in [0.2, 0.25) is 0 Å². The van der Waals surface area contributed by atoms with Gasteiger partial charge in [-0.2, -0.15) is 0 Å². The molecule has 6 nitrogen and oxygen atoms in total. The average Bonchev–Trinajstić information content (AvgIpc) is 2.55. The van der Waals surface area contributed by atoms with Crippen molar-refractivity contribution in [2.24, 2.45) is 0 Å². The lowest BCUT2D eigenvalue weighted by Gasteiger charge is -2.14. The number of anilines is 2. The molecule has 4 N–H and O–H groups in total. The first-order valence-corrected chi connectivity index (χ1v) is 7.75. The fourth-order valence-electron chi connectivity index (χ4n) is 1.80. The van der Waals surface area contributed by atoms with Crippen molar-refractivity contribution in [2.75, 3.05) is 50.2 Å². The summed E-state index contributed by atoms with van der Waals surface area (Å²) in [7, 11) is 0. The summed E-state index contributed by atoms with van der Waals surface area (Å²) in [6, 6.07) is 7.69. The van der Waals surface area contributed by atoms with Crippen LogP contribution in [0, 0.1) is 0 Å². The Bertz CT molecular complexity index is 349. The maximum atomic E-state index is 9.67. The Balaban J connectivity index is 2.27. The third-order valence-electron chi connectivity index (χ3n) is 3.00. The predicted molar refractivity (Wildman–Crippen MR) is 88.4 cm³/mol. The highest BCUT2D eigenvalue weighted by Gasteiger charge is 2.05. The Morgan fingerprint density at radius 2 is 1.18 bits per heavy atom. The molecule has 0 aliphatic heterocycles. The number of hydrogen-bond donors (Lipinski definition) is 4. The van der Waals surface area contributed by atoms with Gasteiger partial charge in [0.1, 0.15) is 0 Å². The number of hydrogen-bond acceptors (Lipinski definition) is 6. The molecule has 0 aliphatic rings. The maximum absolute atomic E-state index is 9.67. The van der Waals surface area contributed by atoms with Gasteiger partial charge in [0.25, 0.3) is 0 Å². The molecule has 0 saturated heterocycles. The van der Waals surface area contributed by atoms with Crippen LogP contribution in [0.15, 0.2) is 24.3 Å². The molecule has 126 valence electrons. The highest BCUT2D eigenvalue weighted by atomic mass is 16.5. The monoisotopic (exact) mass is 312 g/mol. The second-order valence-electron chi connectivity index (χ2n) is 4.97. The zero-order valence-electron chi connectivity index (χ0n) is 13.4. The summed E-state index contributed by atoms with van der Waals surface area (Å²) in [6.45, 7) is 6.56. The zero-order chi connectivity index (χ0) is 16.2. The van der Waals surface area contributed by atoms with Crippen molar-refractivity contribution in [1.82, 2.24) is 0 Å². The van der Waals surface area contributed by atoms with E-state index in [2.05, 4.69) is 10.6 Å². The molecular weight excluding hydrogens is 284 g/mol. The molecule has 2 atom stereocenters. The second-order valence-corrected chi connectivity index (χ2v) is 4.97. The van der Waals surface area contributed by atoms with E-state index in [4.69, 9.17) is 9.47 Å². The minimum Gasteiger partial charge on any atom is -0.389 e. The Kier molecular flexibility index (Phi) is 9.57. The molecule has 0 aliphatic carbocycles. The largest absolute Gasteiger partial charge is 0.389 e. The van der Waals surface area contributed by atoms with Gasteiger partial charge >= 0.3 is 0 Å². The van der Waals surface area contributed by atoms with Gasteiger partial charge in [-0.1, -0.05) is 0 Å². The minimum atomic E-state index is -0.522. The van der Waals surface area contributed by atoms with Crippen molar-refractivity contribution in [2.45, 2.75) is 26.1 Å². The van der Waals surface area contributed by atoms with E-state index in [-0.39, 0.29) is 0 Å². The van der Waals surface area contributed by atoms with Crippen LogP contribution >= 0.6 is 0 Å². The lowest BCUT2D eigenvalue weighted by Crippen LogP contribution is -2.25. The third-order valence-corrected chi connectivity index (χ3v) is 3.00. The Hall–Kier alpha value is -1.34. The topological polar surface area (TPSA) is 83.0 Å². The summed E-state index contributed by atoms with van der Waals surface area (Å²) in [6.07, 6.45) is -1.04. The first-order valence-electron chi connectivity index (χ1n) is 7.75. The van der Waals surface area contributed by atoms with E-state index in [1.807, 2.05) is 38.1 Å². The molecule has 0 radical (unpaired) electrons. The summed E-state index contributed by atoms with van der Waals surface area (Å²) in [5.74, 6) is 0. The molecule has 0 saturated carbocycles. The Morgan fingerprint density at radius 3 is 1.50 bits per heavy atom. The molecule has 0 heterocycles. The van der Waals surface area contributed by atoms with Crippen molar-refractivity contribution < 1.29 is 19.7 Å². The number of aliphatic hydroxyl groups excluding tert-OH is 2. The van der Waals surface area contributed by atoms with Crippen molar-refractivity contribution in [1.29, 1.82) is 0 Å². The predicted octanol–water partition coefficient (Wildman–Crippen LogP) is 1.31. The molecular formula is C16H28N2O4. The van der Waals surface area contributed by atoms with Crippen LogP contribution in [0.2, 0.25) is 0 Å². The molecule has 1 rings (SSSR count). The first kappa shape index (κ1) is 18.7. The van der Waals surface area contributed by atoms with E-state index >= 15 is 0 Å². The summed E-state index contributed by atoms with van der Waals surface area (Å²) < 4.78 is 10.3. The van der Waals surface area contributed by atoms with Crippen molar-refractivity contribution in [3.63, 3.8) is 0 Å². The van der Waals surface area contributed by atoms with E-state index in [1.165, 1.54) is 0 Å². The SMILES string of the molecule is CCOCC(O)CNc1ccc(NCC(O)COCC)cc1. The molecule has 22 heavy (non-hydrogen) atoms. The summed E-state index contributed by atoms with van der Waals surface area (Å²) in [5, 5.41) is 25.6. The van der Waals surface area contributed by atoms with E-state index in [0.717, 1.165) is 11.4 Å². The smallest absolute Gasteiger partial charge is 0.0945 e. The van der Waals surface area contributed by atoms with Gasteiger partial charge in [-0.25, -0.2) is 0 Å². The van der Waals surface area contributed by atoms with Crippen LogP contribution in [0.25, 0.3) is 0 Å². The maximum Gasteiger partial charge on any atom is 0.0945 e. The van der Waals surface area contributed by atoms with E-state index in [1.54, 1.807) is 0 Å². The van der Waals surface area contributed by atoms with Crippen molar-refractivity contribution in [3.8, 4) is 0 Å². The fraction of sp³-hybridized carbons (Fsp3) is 0.625. The van der Waals surface area contributed by atoms with Crippen molar-refractivity contribution >= 4 is 11.4 Å². The normalized spacial score (nSPS) is 13.6. The molecule has 0 aromatic heterocycles. The van der Waals surface area contributed by atoms with E-state index in [0.29, 0.717) is 39.5 Å². The highest BCUT2D eigenvalue weighted by molar-refractivity contribution is 5.53. The molecule has 1 aromatic rings. The number of benzene rings is 1. The van der Waals surface area contributed by atoms with Crippen LogP contribution in [0.1, 0.15) is 13.8 Å². The van der Waals surface area contributed by atoms with Crippen LogP contribution in [0.4, 0.5) is 11.4 Å². The number of ether oxygens (including phenoxy) is 2. The van der Waals surface area contributed by atoms with Crippen LogP contribution in [-0.4, -0.2) is 61.9 Å². The molecule has 0 spiro atoms. The van der Waals surface area contributed by atoms with Gasteiger partial charge in [0, 0.05) is 37.7 Å². The zero-order valence-corrected chi connectivity index (χ0v) is 13.4. The molecule has 0 fully saturated rings. The molecule has 2 unspecified atom stereocenters. The fourth-order valence-corrected chi connectivity index (χ4v) is 1.80. The molecule has 0 amide bonds. The molecule has 0 bridgehead atoms. The summed E-state index contributed by atoms with van der Waals surface area (Å²) in [4.78, 5) is 0. The molecule has 1 aromatic carbocycles. The minimum absolute atomic E-state index is 0.334. The highest BCUT2D eigenvalue weighted by Crippen LogP contribution is 2.13. The van der Waals surface area contributed by atoms with Crippen LogP contribution < -0.4 is 10.6 Å². The van der Waals surface area contributed by atoms with Gasteiger partial charge in [-0.05, 0) is 38.1 Å². The lowest BCUT2D eigenvalue weighted by atomic mass is 10.2. The summed E-state index contributed by atoms with van der Waals surface area (Å²) >= 11 is 0. The van der Waals surface area contributed by atoms with Crippen LogP contribution in [-0.2, 0) is 9.47 Å². The van der Waals surface area contributed by atoms with Gasteiger partial charge in [0.15, 0.2) is 0 Å². The van der Waals surface area contributed by atoms with Gasteiger partial charge < -0.3 is 30.3 Å². The average molecular weight is 312 g/mol. The number of rotatable bonds is 12. The Morgan fingerprint density at radius 1 is 0.818 bits per heavy atom. The second kappa shape index (κ2) is 11.3. The molecule has 6 heteroatoms. The van der Waals surface area contributed by atoms with Crippen LogP contribution in [0.3, 0.4) is 0 Å². The van der Waals surface area contributed by atoms with Gasteiger partial charge in [0.05, 0.1) is 25.4 Å². The van der Waals surface area contributed by atoms with Crippen LogP contribution in [0.5, 0.6) is 0 Å².